The summed E-state index contributed by atoms with van der Waals surface area (Å²) >= 11 is 0. The van der Waals surface area contributed by atoms with Gasteiger partial charge in [-0.15, -0.1) is 0 Å². The molecule has 2 amide bonds. The first-order valence-electron chi connectivity index (χ1n) is 8.00. The molecule has 1 saturated heterocycles. The summed E-state index contributed by atoms with van der Waals surface area (Å²) in [7, 11) is 0. The van der Waals surface area contributed by atoms with Gasteiger partial charge in [0, 0.05) is 12.8 Å². The zero-order valence-electron chi connectivity index (χ0n) is 13.6. The molecule has 0 unspecified atom stereocenters. The van der Waals surface area contributed by atoms with Gasteiger partial charge in [-0.2, -0.15) is 0 Å². The second-order valence-electron chi connectivity index (χ2n) is 5.58. The number of hydrogen-bond acceptors (Lipinski definition) is 4. The maximum Gasteiger partial charge on any atom is 0.338 e. The van der Waals surface area contributed by atoms with E-state index in [9.17, 15) is 14.4 Å². The SMILES string of the molecule is O=C(OC/C=C/c1ccccc1)c1cccc(N2C(=O)CCC2=O)c1. The van der Waals surface area contributed by atoms with E-state index < -0.39 is 5.97 Å². The van der Waals surface area contributed by atoms with Crippen LogP contribution in [0.5, 0.6) is 0 Å². The average Bonchev–Trinajstić information content (AvgIpc) is 2.98. The highest BCUT2D eigenvalue weighted by molar-refractivity contribution is 6.20. The summed E-state index contributed by atoms with van der Waals surface area (Å²) in [6.07, 6.45) is 4.03. The van der Waals surface area contributed by atoms with Crippen LogP contribution in [0.1, 0.15) is 28.8 Å². The third-order valence-electron chi connectivity index (χ3n) is 3.81. The van der Waals surface area contributed by atoms with Gasteiger partial charge in [0.1, 0.15) is 6.61 Å². The second kappa shape index (κ2) is 7.57. The van der Waals surface area contributed by atoms with Gasteiger partial charge in [-0.05, 0) is 29.8 Å². The van der Waals surface area contributed by atoms with Gasteiger partial charge in [0.25, 0.3) is 0 Å². The maximum atomic E-state index is 12.1. The molecule has 2 aromatic carbocycles. The maximum absolute atomic E-state index is 12.1. The second-order valence-corrected chi connectivity index (χ2v) is 5.58. The van der Waals surface area contributed by atoms with Crippen LogP contribution in [-0.4, -0.2) is 24.4 Å². The summed E-state index contributed by atoms with van der Waals surface area (Å²) in [5.74, 6) is -0.999. The van der Waals surface area contributed by atoms with Gasteiger partial charge in [-0.25, -0.2) is 4.79 Å². The summed E-state index contributed by atoms with van der Waals surface area (Å²) in [5.41, 5.74) is 1.73. The number of benzene rings is 2. The molecule has 1 aliphatic heterocycles. The number of nitrogens with zero attached hydrogens (tertiary/aromatic N) is 1. The summed E-state index contributed by atoms with van der Waals surface area (Å²) in [6.45, 7) is 0.138. The van der Waals surface area contributed by atoms with Gasteiger partial charge in [0.2, 0.25) is 11.8 Å². The Morgan fingerprint density at radius 1 is 1.00 bits per heavy atom. The van der Waals surface area contributed by atoms with Gasteiger partial charge >= 0.3 is 5.97 Å². The van der Waals surface area contributed by atoms with E-state index >= 15 is 0 Å². The predicted molar refractivity (Wildman–Crippen MR) is 93.9 cm³/mol. The molecule has 0 aromatic heterocycles. The van der Waals surface area contributed by atoms with Crippen molar-refractivity contribution in [3.63, 3.8) is 0 Å². The van der Waals surface area contributed by atoms with E-state index in [4.69, 9.17) is 4.74 Å². The Labute approximate surface area is 145 Å². The molecule has 2 aromatic rings. The molecule has 126 valence electrons. The number of ether oxygens (including phenoxy) is 1. The van der Waals surface area contributed by atoms with Gasteiger partial charge in [0.15, 0.2) is 0 Å². The van der Waals surface area contributed by atoms with Crippen LogP contribution in [-0.2, 0) is 14.3 Å². The standard InChI is InChI=1S/C20H17NO4/c22-18-11-12-19(23)21(18)17-10-4-9-16(14-17)20(24)25-13-5-8-15-6-2-1-3-7-15/h1-10,14H,11-13H2/b8-5+. The number of imide groups is 1. The minimum atomic E-state index is -0.501. The molecule has 1 aliphatic rings. The Morgan fingerprint density at radius 3 is 2.44 bits per heavy atom. The van der Waals surface area contributed by atoms with E-state index in [0.29, 0.717) is 11.3 Å². The van der Waals surface area contributed by atoms with Crippen LogP contribution in [0.25, 0.3) is 6.08 Å². The fraction of sp³-hybridized carbons (Fsp3) is 0.150. The summed E-state index contributed by atoms with van der Waals surface area (Å²) in [4.78, 5) is 36.8. The Bertz CT molecular complexity index is 811. The third kappa shape index (κ3) is 4.01. The molecule has 25 heavy (non-hydrogen) atoms. The number of carbonyl (C=O) groups excluding carboxylic acids is 3. The minimum absolute atomic E-state index is 0.138. The Hall–Kier alpha value is -3.21. The Balaban J connectivity index is 1.63. The molecule has 0 atom stereocenters. The number of rotatable bonds is 5. The van der Waals surface area contributed by atoms with Crippen LogP contribution in [0.2, 0.25) is 0 Å². The molecule has 1 heterocycles. The van der Waals surface area contributed by atoms with Crippen molar-refractivity contribution in [1.29, 1.82) is 0 Å². The van der Waals surface area contributed by atoms with E-state index in [-0.39, 0.29) is 31.3 Å². The highest BCUT2D eigenvalue weighted by atomic mass is 16.5. The van der Waals surface area contributed by atoms with Crippen LogP contribution in [0.4, 0.5) is 5.69 Å². The molecular formula is C20H17NO4. The quantitative estimate of drug-likeness (QED) is 0.622. The highest BCUT2D eigenvalue weighted by Crippen LogP contribution is 2.23. The first kappa shape index (κ1) is 16.6. The van der Waals surface area contributed by atoms with E-state index in [1.165, 1.54) is 6.07 Å². The Kier molecular flexibility index (Phi) is 5.04. The lowest BCUT2D eigenvalue weighted by molar-refractivity contribution is -0.121. The van der Waals surface area contributed by atoms with Crippen molar-refractivity contribution in [2.24, 2.45) is 0 Å². The summed E-state index contributed by atoms with van der Waals surface area (Å²) in [6, 6.07) is 16.0. The largest absolute Gasteiger partial charge is 0.458 e. The number of amides is 2. The van der Waals surface area contributed by atoms with Crippen molar-refractivity contribution in [3.8, 4) is 0 Å². The fourth-order valence-corrected chi connectivity index (χ4v) is 2.59. The molecule has 0 spiro atoms. The smallest absolute Gasteiger partial charge is 0.338 e. The van der Waals surface area contributed by atoms with Gasteiger partial charge in [-0.1, -0.05) is 42.5 Å². The molecule has 0 N–H and O–H groups in total. The number of hydrogen-bond donors (Lipinski definition) is 0. The van der Waals surface area contributed by atoms with Crippen molar-refractivity contribution >= 4 is 29.5 Å². The monoisotopic (exact) mass is 335 g/mol. The lowest BCUT2D eigenvalue weighted by atomic mass is 10.2. The van der Waals surface area contributed by atoms with Crippen LogP contribution in [0, 0.1) is 0 Å². The highest BCUT2D eigenvalue weighted by Gasteiger charge is 2.30. The van der Waals surface area contributed by atoms with Crippen LogP contribution < -0.4 is 4.90 Å². The lowest BCUT2D eigenvalue weighted by Crippen LogP contribution is -2.28. The lowest BCUT2D eigenvalue weighted by Gasteiger charge is -2.14. The first-order chi connectivity index (χ1) is 12.1. The molecule has 0 bridgehead atoms. The van der Waals surface area contributed by atoms with Crippen molar-refractivity contribution in [2.75, 3.05) is 11.5 Å². The van der Waals surface area contributed by atoms with Crippen molar-refractivity contribution in [2.45, 2.75) is 12.8 Å². The third-order valence-corrected chi connectivity index (χ3v) is 3.81. The van der Waals surface area contributed by atoms with E-state index in [1.807, 2.05) is 36.4 Å². The number of carbonyl (C=O) groups is 3. The van der Waals surface area contributed by atoms with Crippen molar-refractivity contribution in [1.82, 2.24) is 0 Å². The molecule has 5 nitrogen and oxygen atoms in total. The predicted octanol–water partition coefficient (Wildman–Crippen LogP) is 3.21. The molecule has 3 rings (SSSR count). The van der Waals surface area contributed by atoms with Crippen LogP contribution in [0.3, 0.4) is 0 Å². The zero-order chi connectivity index (χ0) is 17.6. The number of esters is 1. The summed E-state index contributed by atoms with van der Waals surface area (Å²) < 4.78 is 5.21. The van der Waals surface area contributed by atoms with E-state index in [1.54, 1.807) is 24.3 Å². The fourth-order valence-electron chi connectivity index (χ4n) is 2.59. The molecule has 0 radical (unpaired) electrons. The van der Waals surface area contributed by atoms with Crippen molar-refractivity contribution in [3.05, 3.63) is 71.8 Å². The number of anilines is 1. The molecule has 1 fully saturated rings. The van der Waals surface area contributed by atoms with Crippen molar-refractivity contribution < 1.29 is 19.1 Å². The van der Waals surface area contributed by atoms with Crippen LogP contribution in [0.15, 0.2) is 60.7 Å². The molecule has 0 saturated carbocycles. The molecule has 5 heteroatoms. The minimum Gasteiger partial charge on any atom is -0.458 e. The van der Waals surface area contributed by atoms with E-state index in [2.05, 4.69) is 0 Å². The molecule has 0 aliphatic carbocycles. The zero-order valence-corrected chi connectivity index (χ0v) is 13.6. The first-order valence-corrected chi connectivity index (χ1v) is 8.00. The normalized spacial score (nSPS) is 14.3. The van der Waals surface area contributed by atoms with Gasteiger partial charge in [0.05, 0.1) is 11.3 Å². The van der Waals surface area contributed by atoms with Gasteiger partial charge in [-0.3, -0.25) is 14.5 Å². The van der Waals surface area contributed by atoms with Gasteiger partial charge < -0.3 is 4.74 Å². The topological polar surface area (TPSA) is 63.7 Å². The van der Waals surface area contributed by atoms with Crippen LogP contribution >= 0.6 is 0 Å². The average molecular weight is 335 g/mol. The van der Waals surface area contributed by atoms with E-state index in [0.717, 1.165) is 10.5 Å². The molecular weight excluding hydrogens is 318 g/mol. The Morgan fingerprint density at radius 2 is 1.72 bits per heavy atom. The summed E-state index contributed by atoms with van der Waals surface area (Å²) in [5, 5.41) is 0.